The molecule has 0 heterocycles. The minimum atomic E-state index is -2.74. The molecule has 15 heavy (non-hydrogen) atoms. The Balaban J connectivity index is 3.00. The molecule has 1 atom stereocenters. The summed E-state index contributed by atoms with van der Waals surface area (Å²) in [6.45, 7) is 1.53. The van der Waals surface area contributed by atoms with Gasteiger partial charge in [-0.25, -0.2) is 4.79 Å². The van der Waals surface area contributed by atoms with Crippen molar-refractivity contribution in [2.24, 2.45) is 0 Å². The van der Waals surface area contributed by atoms with Crippen LogP contribution < -0.4 is 5.30 Å². The number of benzene rings is 1. The van der Waals surface area contributed by atoms with Crippen LogP contribution in [0, 0.1) is 0 Å². The maximum absolute atomic E-state index is 11.8. The Kier molecular flexibility index (Phi) is 3.66. The molecule has 1 unspecified atom stereocenters. The summed E-state index contributed by atoms with van der Waals surface area (Å²) in [5, 5.41) is 0.581. The number of hydrogen-bond acceptors (Lipinski definition) is 4. The van der Waals surface area contributed by atoms with E-state index in [0.717, 1.165) is 0 Å². The van der Waals surface area contributed by atoms with Crippen LogP contribution in [0.25, 0.3) is 0 Å². The molecular formula is C10H13O4P. The standard InChI is InChI=1S/C10H13O4P/c1-13-10(11)8-4-6-9(7-5-8)15(3,12)14-2/h4-7H,1-3H3. The van der Waals surface area contributed by atoms with Crippen LogP contribution >= 0.6 is 7.37 Å². The Hall–Kier alpha value is -1.12. The van der Waals surface area contributed by atoms with Gasteiger partial charge >= 0.3 is 5.97 Å². The minimum Gasteiger partial charge on any atom is -0.465 e. The molecule has 0 saturated carbocycles. The summed E-state index contributed by atoms with van der Waals surface area (Å²) < 4.78 is 21.2. The Labute approximate surface area is 88.7 Å². The van der Waals surface area contributed by atoms with Crippen LogP contribution in [0.1, 0.15) is 10.4 Å². The number of methoxy groups -OCH3 is 1. The average Bonchev–Trinajstić information content (AvgIpc) is 2.28. The lowest BCUT2D eigenvalue weighted by Crippen LogP contribution is -2.07. The van der Waals surface area contributed by atoms with Gasteiger partial charge < -0.3 is 9.26 Å². The van der Waals surface area contributed by atoms with Crippen molar-refractivity contribution in [2.45, 2.75) is 0 Å². The highest BCUT2D eigenvalue weighted by Crippen LogP contribution is 2.39. The van der Waals surface area contributed by atoms with E-state index >= 15 is 0 Å². The van der Waals surface area contributed by atoms with Crippen molar-refractivity contribution in [3.05, 3.63) is 29.8 Å². The monoisotopic (exact) mass is 228 g/mol. The first kappa shape index (κ1) is 12.0. The second-order valence-corrected chi connectivity index (χ2v) is 5.64. The van der Waals surface area contributed by atoms with E-state index in [2.05, 4.69) is 4.74 Å². The molecule has 0 aromatic heterocycles. The zero-order valence-corrected chi connectivity index (χ0v) is 9.78. The maximum atomic E-state index is 11.8. The van der Waals surface area contributed by atoms with Crippen molar-refractivity contribution in [3.8, 4) is 0 Å². The fraction of sp³-hybridized carbons (Fsp3) is 0.300. The summed E-state index contributed by atoms with van der Waals surface area (Å²) in [5.41, 5.74) is 0.428. The van der Waals surface area contributed by atoms with Crippen molar-refractivity contribution < 1.29 is 18.6 Å². The predicted octanol–water partition coefficient (Wildman–Crippen LogP) is 1.65. The quantitative estimate of drug-likeness (QED) is 0.583. The highest BCUT2D eigenvalue weighted by Gasteiger charge is 2.17. The molecule has 4 nitrogen and oxygen atoms in total. The first-order chi connectivity index (χ1) is 7.01. The number of carbonyl (C=O) groups is 1. The van der Waals surface area contributed by atoms with Crippen LogP contribution in [0.4, 0.5) is 0 Å². The smallest absolute Gasteiger partial charge is 0.337 e. The van der Waals surface area contributed by atoms with E-state index < -0.39 is 13.3 Å². The van der Waals surface area contributed by atoms with Gasteiger partial charge in [0.2, 0.25) is 7.37 Å². The molecule has 1 rings (SSSR count). The lowest BCUT2D eigenvalue weighted by molar-refractivity contribution is 0.0601. The molecule has 0 radical (unpaired) electrons. The largest absolute Gasteiger partial charge is 0.465 e. The molecule has 0 aliphatic rings. The number of rotatable bonds is 3. The molecule has 0 fully saturated rings. The van der Waals surface area contributed by atoms with Gasteiger partial charge in [0.25, 0.3) is 0 Å². The summed E-state index contributed by atoms with van der Waals surface area (Å²) in [5.74, 6) is -0.412. The van der Waals surface area contributed by atoms with Gasteiger partial charge in [-0.3, -0.25) is 4.57 Å². The molecule has 0 saturated heterocycles. The van der Waals surface area contributed by atoms with Crippen LogP contribution in [-0.2, 0) is 13.8 Å². The van der Waals surface area contributed by atoms with Gasteiger partial charge in [0.1, 0.15) is 0 Å². The van der Waals surface area contributed by atoms with E-state index in [0.29, 0.717) is 10.9 Å². The fourth-order valence-electron chi connectivity index (χ4n) is 1.09. The van der Waals surface area contributed by atoms with Crippen LogP contribution in [0.5, 0.6) is 0 Å². The number of carbonyl (C=O) groups excluding carboxylic acids is 1. The third-order valence-electron chi connectivity index (χ3n) is 2.11. The third kappa shape index (κ3) is 2.67. The number of hydrogen-bond donors (Lipinski definition) is 0. The van der Waals surface area contributed by atoms with E-state index in [1.807, 2.05) is 0 Å². The maximum Gasteiger partial charge on any atom is 0.337 e. The summed E-state index contributed by atoms with van der Waals surface area (Å²) in [4.78, 5) is 11.1. The van der Waals surface area contributed by atoms with Gasteiger partial charge in [-0.2, -0.15) is 0 Å². The number of ether oxygens (including phenoxy) is 1. The Morgan fingerprint density at radius 3 is 2.13 bits per heavy atom. The molecule has 1 aromatic rings. The Morgan fingerprint density at radius 1 is 1.20 bits per heavy atom. The van der Waals surface area contributed by atoms with Crippen molar-refractivity contribution in [2.75, 3.05) is 20.9 Å². The third-order valence-corrected chi connectivity index (χ3v) is 4.04. The van der Waals surface area contributed by atoms with Gasteiger partial charge in [0.05, 0.1) is 12.7 Å². The van der Waals surface area contributed by atoms with Crippen molar-refractivity contribution >= 4 is 18.6 Å². The highest BCUT2D eigenvalue weighted by atomic mass is 31.2. The zero-order chi connectivity index (χ0) is 11.5. The summed E-state index contributed by atoms with van der Waals surface area (Å²) >= 11 is 0. The van der Waals surface area contributed by atoms with E-state index in [1.54, 1.807) is 24.3 Å². The Bertz CT molecular complexity index is 396. The zero-order valence-electron chi connectivity index (χ0n) is 8.89. The van der Waals surface area contributed by atoms with Gasteiger partial charge in [-0.05, 0) is 24.3 Å². The lowest BCUT2D eigenvalue weighted by Gasteiger charge is -2.10. The van der Waals surface area contributed by atoms with Crippen LogP contribution in [-0.4, -0.2) is 26.9 Å². The molecule has 0 aliphatic heterocycles. The minimum absolute atomic E-state index is 0.412. The highest BCUT2D eigenvalue weighted by molar-refractivity contribution is 7.66. The van der Waals surface area contributed by atoms with E-state index in [4.69, 9.17) is 4.52 Å². The molecule has 0 N–H and O–H groups in total. The van der Waals surface area contributed by atoms with Gasteiger partial charge in [0, 0.05) is 19.1 Å². The first-order valence-corrected chi connectivity index (χ1v) is 6.40. The molecular weight excluding hydrogens is 215 g/mol. The fourth-order valence-corrected chi connectivity index (χ4v) is 1.99. The van der Waals surface area contributed by atoms with E-state index in [9.17, 15) is 9.36 Å². The van der Waals surface area contributed by atoms with E-state index in [-0.39, 0.29) is 0 Å². The number of esters is 1. The van der Waals surface area contributed by atoms with Crippen molar-refractivity contribution in [1.29, 1.82) is 0 Å². The normalized spacial score (nSPS) is 14.3. The Morgan fingerprint density at radius 2 is 1.73 bits per heavy atom. The molecule has 5 heteroatoms. The SMILES string of the molecule is COC(=O)c1ccc(P(C)(=O)OC)cc1. The second kappa shape index (κ2) is 4.60. The van der Waals surface area contributed by atoms with Crippen LogP contribution in [0.2, 0.25) is 0 Å². The van der Waals surface area contributed by atoms with Crippen LogP contribution in [0.15, 0.2) is 24.3 Å². The predicted molar refractivity (Wildman–Crippen MR) is 58.0 cm³/mol. The van der Waals surface area contributed by atoms with Gasteiger partial charge in [-0.1, -0.05) is 0 Å². The first-order valence-electron chi connectivity index (χ1n) is 4.33. The van der Waals surface area contributed by atoms with Crippen molar-refractivity contribution in [1.82, 2.24) is 0 Å². The summed E-state index contributed by atoms with van der Waals surface area (Å²) in [7, 11) is -0.0230. The molecule has 0 amide bonds. The van der Waals surface area contributed by atoms with Crippen molar-refractivity contribution in [3.63, 3.8) is 0 Å². The topological polar surface area (TPSA) is 52.6 Å². The summed E-state index contributed by atoms with van der Waals surface area (Å²) in [6, 6.07) is 6.35. The lowest BCUT2D eigenvalue weighted by atomic mass is 10.2. The molecule has 0 bridgehead atoms. The van der Waals surface area contributed by atoms with E-state index in [1.165, 1.54) is 20.9 Å². The van der Waals surface area contributed by atoms with Gasteiger partial charge in [-0.15, -0.1) is 0 Å². The second-order valence-electron chi connectivity index (χ2n) is 3.07. The molecule has 0 aliphatic carbocycles. The average molecular weight is 228 g/mol. The molecule has 1 aromatic carbocycles. The summed E-state index contributed by atoms with van der Waals surface area (Å²) in [6.07, 6.45) is 0. The van der Waals surface area contributed by atoms with Crippen LogP contribution in [0.3, 0.4) is 0 Å². The van der Waals surface area contributed by atoms with Gasteiger partial charge in [0.15, 0.2) is 0 Å². The molecule has 82 valence electrons. The molecule has 0 spiro atoms.